The normalized spacial score (nSPS) is 23.8. The molecule has 1 saturated heterocycles. The highest BCUT2D eigenvalue weighted by Crippen LogP contribution is 2.35. The molecule has 2 N–H and O–H groups in total. The van der Waals surface area contributed by atoms with Crippen LogP contribution in [0.3, 0.4) is 0 Å². The maximum absolute atomic E-state index is 10.8. The van der Waals surface area contributed by atoms with Gasteiger partial charge in [-0.05, 0) is 43.2 Å². The molecule has 1 heterocycles. The van der Waals surface area contributed by atoms with Crippen molar-refractivity contribution >= 4 is 5.97 Å². The summed E-state index contributed by atoms with van der Waals surface area (Å²) in [5.74, 6) is -0.687. The van der Waals surface area contributed by atoms with E-state index >= 15 is 0 Å². The van der Waals surface area contributed by atoms with Gasteiger partial charge in [-0.3, -0.25) is 4.79 Å². The van der Waals surface area contributed by atoms with Crippen molar-refractivity contribution in [1.82, 2.24) is 5.32 Å². The summed E-state index contributed by atoms with van der Waals surface area (Å²) in [6.45, 7) is 2.00. The molecule has 1 atom stereocenters. The summed E-state index contributed by atoms with van der Waals surface area (Å²) in [5, 5.41) is 12.3. The van der Waals surface area contributed by atoms with Gasteiger partial charge < -0.3 is 10.4 Å². The first-order valence-electron chi connectivity index (χ1n) is 6.67. The van der Waals surface area contributed by atoms with Crippen LogP contribution in [-0.2, 0) is 11.2 Å². The lowest BCUT2D eigenvalue weighted by Crippen LogP contribution is -2.41. The number of carbonyl (C=O) groups is 1. The number of benzene rings is 1. The Morgan fingerprint density at radius 3 is 2.72 bits per heavy atom. The Morgan fingerprint density at radius 2 is 2.11 bits per heavy atom. The Kier molecular flexibility index (Phi) is 4.37. The lowest BCUT2D eigenvalue weighted by molar-refractivity contribution is -0.137. The van der Waals surface area contributed by atoms with Gasteiger partial charge in [0.1, 0.15) is 0 Å². The number of hydrogen-bond donors (Lipinski definition) is 2. The fourth-order valence-electron chi connectivity index (χ4n) is 2.88. The summed E-state index contributed by atoms with van der Waals surface area (Å²) in [5.41, 5.74) is 1.43. The minimum Gasteiger partial charge on any atom is -0.481 e. The zero-order valence-corrected chi connectivity index (χ0v) is 10.7. The summed E-state index contributed by atoms with van der Waals surface area (Å²) in [6.07, 6.45) is 4.29. The molecule has 0 spiro atoms. The molecule has 1 aliphatic heterocycles. The quantitative estimate of drug-likeness (QED) is 0.840. The molecule has 1 aromatic carbocycles. The summed E-state index contributed by atoms with van der Waals surface area (Å²) >= 11 is 0. The highest BCUT2D eigenvalue weighted by Gasteiger charge is 2.32. The maximum atomic E-state index is 10.8. The minimum atomic E-state index is -0.687. The van der Waals surface area contributed by atoms with Crippen molar-refractivity contribution in [3.63, 3.8) is 0 Å². The molecule has 0 aliphatic carbocycles. The van der Waals surface area contributed by atoms with Gasteiger partial charge in [0, 0.05) is 13.0 Å². The predicted octanol–water partition coefficient (Wildman–Crippen LogP) is 2.46. The van der Waals surface area contributed by atoms with Crippen LogP contribution in [-0.4, -0.2) is 24.2 Å². The van der Waals surface area contributed by atoms with Gasteiger partial charge in [0.15, 0.2) is 0 Å². The van der Waals surface area contributed by atoms with E-state index in [2.05, 4.69) is 29.6 Å². The van der Waals surface area contributed by atoms with Crippen molar-refractivity contribution in [2.24, 2.45) is 5.41 Å². The average molecular weight is 247 g/mol. The van der Waals surface area contributed by atoms with Crippen molar-refractivity contribution in [2.45, 2.75) is 32.1 Å². The molecule has 18 heavy (non-hydrogen) atoms. The van der Waals surface area contributed by atoms with E-state index < -0.39 is 5.97 Å². The number of carboxylic acids is 1. The van der Waals surface area contributed by atoms with Gasteiger partial charge in [0.05, 0.1) is 0 Å². The molecule has 2 rings (SSSR count). The van der Waals surface area contributed by atoms with Crippen LogP contribution in [0.5, 0.6) is 0 Å². The first-order valence-corrected chi connectivity index (χ1v) is 6.67. The molecule has 1 fully saturated rings. The first kappa shape index (κ1) is 13.1. The van der Waals surface area contributed by atoms with Crippen molar-refractivity contribution in [3.05, 3.63) is 35.9 Å². The molecule has 1 aromatic rings. The minimum absolute atomic E-state index is 0.123. The third kappa shape index (κ3) is 3.57. The number of rotatable bonds is 5. The van der Waals surface area contributed by atoms with E-state index in [0.717, 1.165) is 38.8 Å². The number of aliphatic carboxylic acids is 1. The van der Waals surface area contributed by atoms with Crippen molar-refractivity contribution in [3.8, 4) is 0 Å². The van der Waals surface area contributed by atoms with Crippen LogP contribution in [0.15, 0.2) is 30.3 Å². The van der Waals surface area contributed by atoms with Crippen LogP contribution < -0.4 is 5.32 Å². The topological polar surface area (TPSA) is 49.3 Å². The molecular weight excluding hydrogens is 226 g/mol. The fourth-order valence-corrected chi connectivity index (χ4v) is 2.88. The molecule has 98 valence electrons. The van der Waals surface area contributed by atoms with Gasteiger partial charge in [-0.25, -0.2) is 0 Å². The Hall–Kier alpha value is -1.35. The third-order valence-electron chi connectivity index (χ3n) is 3.85. The van der Waals surface area contributed by atoms with E-state index in [9.17, 15) is 4.79 Å². The monoisotopic (exact) mass is 247 g/mol. The molecule has 1 aliphatic rings. The number of hydrogen-bond acceptors (Lipinski definition) is 2. The van der Waals surface area contributed by atoms with Gasteiger partial charge in [0.2, 0.25) is 0 Å². The Balaban J connectivity index is 2.06. The lowest BCUT2D eigenvalue weighted by atomic mass is 9.72. The van der Waals surface area contributed by atoms with Gasteiger partial charge in [-0.1, -0.05) is 30.3 Å². The van der Waals surface area contributed by atoms with Crippen LogP contribution in [0.4, 0.5) is 0 Å². The van der Waals surface area contributed by atoms with E-state index in [1.54, 1.807) is 0 Å². The smallest absolute Gasteiger partial charge is 0.303 e. The second-order valence-electron chi connectivity index (χ2n) is 5.34. The van der Waals surface area contributed by atoms with E-state index in [4.69, 9.17) is 5.11 Å². The molecule has 0 unspecified atom stereocenters. The average Bonchev–Trinajstić information content (AvgIpc) is 2.39. The maximum Gasteiger partial charge on any atom is 0.303 e. The molecule has 0 amide bonds. The Morgan fingerprint density at radius 1 is 1.33 bits per heavy atom. The molecule has 3 heteroatoms. The zero-order valence-electron chi connectivity index (χ0n) is 10.7. The number of piperidine rings is 1. The molecule has 0 bridgehead atoms. The standard InChI is InChI=1S/C15H21NO2/c17-14(18)7-9-15(8-4-10-16-12-15)11-13-5-2-1-3-6-13/h1-3,5-6,16H,4,7-12H2,(H,17,18)/t15-/m1/s1. The van der Waals surface area contributed by atoms with Gasteiger partial charge >= 0.3 is 5.97 Å². The number of nitrogens with one attached hydrogen (secondary N) is 1. The van der Waals surface area contributed by atoms with Crippen LogP contribution in [0.1, 0.15) is 31.2 Å². The van der Waals surface area contributed by atoms with Gasteiger partial charge in [0.25, 0.3) is 0 Å². The lowest BCUT2D eigenvalue weighted by Gasteiger charge is -2.38. The van der Waals surface area contributed by atoms with Gasteiger partial charge in [-0.15, -0.1) is 0 Å². The molecule has 3 nitrogen and oxygen atoms in total. The van der Waals surface area contributed by atoms with Crippen molar-refractivity contribution in [1.29, 1.82) is 0 Å². The van der Waals surface area contributed by atoms with Gasteiger partial charge in [-0.2, -0.15) is 0 Å². The first-order chi connectivity index (χ1) is 8.70. The predicted molar refractivity (Wildman–Crippen MR) is 71.6 cm³/mol. The van der Waals surface area contributed by atoms with Crippen LogP contribution in [0, 0.1) is 5.41 Å². The molecular formula is C15H21NO2. The van der Waals surface area contributed by atoms with E-state index in [1.807, 2.05) is 6.07 Å². The largest absolute Gasteiger partial charge is 0.481 e. The second-order valence-corrected chi connectivity index (χ2v) is 5.34. The van der Waals surface area contributed by atoms with Crippen LogP contribution in [0.2, 0.25) is 0 Å². The SMILES string of the molecule is O=C(O)CC[C@@]1(Cc2ccccc2)CCCNC1. The zero-order chi connectivity index (χ0) is 12.8. The molecule has 0 saturated carbocycles. The summed E-state index contributed by atoms with van der Waals surface area (Å²) in [4.78, 5) is 10.8. The summed E-state index contributed by atoms with van der Waals surface area (Å²) in [6, 6.07) is 10.4. The van der Waals surface area contributed by atoms with Crippen molar-refractivity contribution in [2.75, 3.05) is 13.1 Å². The summed E-state index contributed by atoms with van der Waals surface area (Å²) in [7, 11) is 0. The van der Waals surface area contributed by atoms with Crippen LogP contribution >= 0.6 is 0 Å². The van der Waals surface area contributed by atoms with Crippen LogP contribution in [0.25, 0.3) is 0 Å². The second kappa shape index (κ2) is 6.01. The van der Waals surface area contributed by atoms with E-state index in [1.165, 1.54) is 5.56 Å². The summed E-state index contributed by atoms with van der Waals surface area (Å²) < 4.78 is 0. The highest BCUT2D eigenvalue weighted by atomic mass is 16.4. The third-order valence-corrected chi connectivity index (χ3v) is 3.85. The number of carboxylic acid groups (broad SMARTS) is 1. The van der Waals surface area contributed by atoms with E-state index in [-0.39, 0.29) is 11.8 Å². The highest BCUT2D eigenvalue weighted by molar-refractivity contribution is 5.66. The van der Waals surface area contributed by atoms with Crippen molar-refractivity contribution < 1.29 is 9.90 Å². The molecule has 0 radical (unpaired) electrons. The fraction of sp³-hybridized carbons (Fsp3) is 0.533. The van der Waals surface area contributed by atoms with E-state index in [0.29, 0.717) is 0 Å². The Bertz CT molecular complexity index is 383. The Labute approximate surface area is 108 Å². The molecule has 0 aromatic heterocycles.